The van der Waals surface area contributed by atoms with Crippen LogP contribution in [0.15, 0.2) is 48.2 Å². The van der Waals surface area contributed by atoms with Gasteiger partial charge in [-0.05, 0) is 38.0 Å². The van der Waals surface area contributed by atoms with Crippen molar-refractivity contribution >= 4 is 7.60 Å². The van der Waals surface area contributed by atoms with E-state index in [-0.39, 0.29) is 0 Å². The van der Waals surface area contributed by atoms with Crippen molar-refractivity contribution in [3.05, 3.63) is 53.9 Å². The molecule has 0 saturated carbocycles. The van der Waals surface area contributed by atoms with Gasteiger partial charge in [0, 0.05) is 12.7 Å². The van der Waals surface area contributed by atoms with Crippen molar-refractivity contribution in [1.29, 1.82) is 0 Å². The minimum Gasteiger partial charge on any atom is -0.308 e. The predicted octanol–water partition coefficient (Wildman–Crippen LogP) is 3.65. The number of aromatic nitrogens is 1. The van der Waals surface area contributed by atoms with Crippen molar-refractivity contribution in [2.75, 3.05) is 13.2 Å². The third kappa shape index (κ3) is 4.37. The molecule has 0 aliphatic heterocycles. The van der Waals surface area contributed by atoms with Gasteiger partial charge < -0.3 is 9.05 Å². The monoisotopic (exact) mass is 322 g/mol. The molecular formula is C16H23N2O3P. The fourth-order valence-corrected chi connectivity index (χ4v) is 4.37. The summed E-state index contributed by atoms with van der Waals surface area (Å²) < 4.78 is 24.2. The second-order valence-corrected chi connectivity index (χ2v) is 6.97. The molecule has 1 unspecified atom stereocenters. The normalized spacial score (nSPS) is 15.8. The standard InChI is InChI=1S/C16H23N2O3P/c1-3-20-22(19,21-4-2)16(14-9-5-6-10-14)18-13-15-11-7-8-12-17-15/h5-9,11-12,16,18H,3-4,10,13H2,1-2H3. The van der Waals surface area contributed by atoms with E-state index in [0.717, 1.165) is 17.7 Å². The predicted molar refractivity (Wildman–Crippen MR) is 87.6 cm³/mol. The van der Waals surface area contributed by atoms with Gasteiger partial charge >= 0.3 is 7.60 Å². The molecule has 22 heavy (non-hydrogen) atoms. The zero-order chi connectivity index (χ0) is 15.8. The van der Waals surface area contributed by atoms with Gasteiger partial charge in [-0.1, -0.05) is 24.3 Å². The molecule has 1 aliphatic carbocycles. The number of rotatable bonds is 9. The van der Waals surface area contributed by atoms with Crippen LogP contribution in [0.5, 0.6) is 0 Å². The highest BCUT2D eigenvalue weighted by atomic mass is 31.2. The molecule has 1 aliphatic rings. The number of hydrogen-bond donors (Lipinski definition) is 1. The molecular weight excluding hydrogens is 299 g/mol. The van der Waals surface area contributed by atoms with Crippen LogP contribution in [0.3, 0.4) is 0 Å². The first-order valence-electron chi connectivity index (χ1n) is 7.57. The Labute approximate surface area is 132 Å². The average molecular weight is 322 g/mol. The van der Waals surface area contributed by atoms with Crippen molar-refractivity contribution in [3.63, 3.8) is 0 Å². The molecule has 0 bridgehead atoms. The lowest BCUT2D eigenvalue weighted by atomic mass is 10.2. The largest absolute Gasteiger partial charge is 0.351 e. The van der Waals surface area contributed by atoms with Crippen molar-refractivity contribution in [1.82, 2.24) is 10.3 Å². The second-order valence-electron chi connectivity index (χ2n) is 4.85. The summed E-state index contributed by atoms with van der Waals surface area (Å²) in [6, 6.07) is 5.73. The van der Waals surface area contributed by atoms with Gasteiger partial charge in [0.15, 0.2) is 0 Å². The summed E-state index contributed by atoms with van der Waals surface area (Å²) in [6.07, 6.45) is 8.47. The molecule has 2 rings (SSSR count). The minimum atomic E-state index is -3.26. The molecule has 0 fully saturated rings. The Morgan fingerprint density at radius 1 is 1.32 bits per heavy atom. The highest BCUT2D eigenvalue weighted by Gasteiger charge is 2.37. The SMILES string of the molecule is CCOP(=O)(OCC)C(NCc1ccccn1)C1=CC=CC1. The third-order valence-electron chi connectivity index (χ3n) is 3.29. The van der Waals surface area contributed by atoms with Crippen molar-refractivity contribution in [3.8, 4) is 0 Å². The van der Waals surface area contributed by atoms with Gasteiger partial charge in [0.1, 0.15) is 5.78 Å². The first-order chi connectivity index (χ1) is 10.7. The summed E-state index contributed by atoms with van der Waals surface area (Å²) >= 11 is 0. The van der Waals surface area contributed by atoms with E-state index in [9.17, 15) is 4.57 Å². The van der Waals surface area contributed by atoms with Crippen LogP contribution in [0.4, 0.5) is 0 Å². The van der Waals surface area contributed by atoms with Crippen molar-refractivity contribution in [2.45, 2.75) is 32.6 Å². The van der Waals surface area contributed by atoms with Gasteiger partial charge in [0.25, 0.3) is 0 Å². The maximum Gasteiger partial charge on any atom is 0.351 e. The van der Waals surface area contributed by atoms with Gasteiger partial charge in [-0.3, -0.25) is 14.9 Å². The van der Waals surface area contributed by atoms with Crippen LogP contribution in [-0.2, 0) is 20.2 Å². The highest BCUT2D eigenvalue weighted by molar-refractivity contribution is 7.54. The Morgan fingerprint density at radius 2 is 2.09 bits per heavy atom. The number of hydrogen-bond acceptors (Lipinski definition) is 5. The molecule has 1 atom stereocenters. The number of nitrogens with one attached hydrogen (secondary N) is 1. The second kappa shape index (κ2) is 8.39. The Kier molecular flexibility index (Phi) is 6.52. The van der Waals surface area contributed by atoms with E-state index >= 15 is 0 Å². The van der Waals surface area contributed by atoms with E-state index in [1.807, 2.05) is 50.3 Å². The van der Waals surface area contributed by atoms with E-state index in [0.29, 0.717) is 19.8 Å². The smallest absolute Gasteiger partial charge is 0.308 e. The first-order valence-corrected chi connectivity index (χ1v) is 9.18. The lowest BCUT2D eigenvalue weighted by Gasteiger charge is -2.28. The maximum absolute atomic E-state index is 13.1. The molecule has 6 heteroatoms. The van der Waals surface area contributed by atoms with Gasteiger partial charge in [0.2, 0.25) is 0 Å². The van der Waals surface area contributed by atoms with Crippen LogP contribution >= 0.6 is 7.60 Å². The Hall–Kier alpha value is -1.26. The first kappa shape index (κ1) is 17.1. The van der Waals surface area contributed by atoms with Gasteiger partial charge in [-0.15, -0.1) is 0 Å². The zero-order valence-electron chi connectivity index (χ0n) is 13.1. The molecule has 0 radical (unpaired) electrons. The van der Waals surface area contributed by atoms with E-state index in [1.165, 1.54) is 0 Å². The topological polar surface area (TPSA) is 60.5 Å². The molecule has 1 N–H and O–H groups in total. The zero-order valence-corrected chi connectivity index (χ0v) is 14.0. The molecule has 1 aromatic rings. The van der Waals surface area contributed by atoms with Crippen molar-refractivity contribution in [2.24, 2.45) is 0 Å². The Bertz CT molecular complexity index is 562. The van der Waals surface area contributed by atoms with Crippen LogP contribution in [0.2, 0.25) is 0 Å². The van der Waals surface area contributed by atoms with Crippen LogP contribution in [0.25, 0.3) is 0 Å². The molecule has 1 heterocycles. The molecule has 5 nitrogen and oxygen atoms in total. The summed E-state index contributed by atoms with van der Waals surface area (Å²) in [7, 11) is -3.26. The molecule has 0 spiro atoms. The number of pyridine rings is 1. The van der Waals surface area contributed by atoms with E-state index in [4.69, 9.17) is 9.05 Å². The number of allylic oxidation sites excluding steroid dienone is 3. The lowest BCUT2D eigenvalue weighted by molar-refractivity contribution is 0.210. The Morgan fingerprint density at radius 3 is 2.64 bits per heavy atom. The number of nitrogens with zero attached hydrogens (tertiary/aromatic N) is 1. The van der Waals surface area contributed by atoms with Crippen LogP contribution in [0.1, 0.15) is 26.0 Å². The fraction of sp³-hybridized carbons (Fsp3) is 0.438. The molecule has 0 saturated heterocycles. The summed E-state index contributed by atoms with van der Waals surface area (Å²) in [4.78, 5) is 4.28. The van der Waals surface area contributed by atoms with Crippen LogP contribution < -0.4 is 5.32 Å². The highest BCUT2D eigenvalue weighted by Crippen LogP contribution is 2.55. The van der Waals surface area contributed by atoms with E-state index in [1.54, 1.807) is 6.20 Å². The maximum atomic E-state index is 13.1. The van der Waals surface area contributed by atoms with E-state index < -0.39 is 13.4 Å². The average Bonchev–Trinajstić information content (AvgIpc) is 3.03. The van der Waals surface area contributed by atoms with E-state index in [2.05, 4.69) is 10.3 Å². The van der Waals surface area contributed by atoms with Crippen molar-refractivity contribution < 1.29 is 13.6 Å². The molecule has 0 aromatic carbocycles. The Balaban J connectivity index is 2.16. The lowest BCUT2D eigenvalue weighted by Crippen LogP contribution is -2.32. The molecule has 120 valence electrons. The molecule has 0 amide bonds. The van der Waals surface area contributed by atoms with Gasteiger partial charge in [-0.2, -0.15) is 0 Å². The summed E-state index contributed by atoms with van der Waals surface area (Å²) in [5, 5.41) is 3.30. The van der Waals surface area contributed by atoms with Crippen LogP contribution in [0, 0.1) is 0 Å². The summed E-state index contributed by atoms with van der Waals surface area (Å²) in [5.41, 5.74) is 1.90. The van der Waals surface area contributed by atoms with Crippen LogP contribution in [-0.4, -0.2) is 24.0 Å². The van der Waals surface area contributed by atoms with Gasteiger partial charge in [0.05, 0.1) is 18.9 Å². The molecule has 1 aromatic heterocycles. The minimum absolute atomic E-state index is 0.347. The fourth-order valence-electron chi connectivity index (χ4n) is 2.36. The quantitative estimate of drug-likeness (QED) is 0.703. The summed E-state index contributed by atoms with van der Waals surface area (Å²) in [5.74, 6) is -0.454. The third-order valence-corrected chi connectivity index (χ3v) is 5.67. The summed E-state index contributed by atoms with van der Waals surface area (Å²) in [6.45, 7) is 4.85. The van der Waals surface area contributed by atoms with Gasteiger partial charge in [-0.25, -0.2) is 0 Å².